The van der Waals surface area contributed by atoms with E-state index in [1.807, 2.05) is 0 Å². The van der Waals surface area contributed by atoms with Gasteiger partial charge in [-0.2, -0.15) is 0 Å². The molecule has 0 amide bonds. The van der Waals surface area contributed by atoms with Gasteiger partial charge in [0.15, 0.2) is 0 Å². The number of hydrogen-bond donors (Lipinski definition) is 0. The van der Waals surface area contributed by atoms with Crippen molar-refractivity contribution >= 4 is 624 Å². The molecule has 0 nitrogen and oxygen atoms in total. The maximum atomic E-state index is 7.29. The number of hydrogen-bond acceptors (Lipinski definition) is 0. The molecule has 0 saturated heterocycles. The quantitative estimate of drug-likeness (QED) is 0.0534. The van der Waals surface area contributed by atoms with Gasteiger partial charge in [0.25, 0.3) is 0 Å². The lowest BCUT2D eigenvalue weighted by Gasteiger charge is -2.63. The lowest BCUT2D eigenvalue weighted by Crippen LogP contribution is -2.95. The summed E-state index contributed by atoms with van der Waals surface area (Å²) < 4.78 is 0. The van der Waals surface area contributed by atoms with Gasteiger partial charge in [-0.1, -0.05) is 0 Å². The zero-order valence-corrected chi connectivity index (χ0v) is 51.4. The van der Waals surface area contributed by atoms with E-state index in [2.05, 4.69) is 0 Å². The van der Waals surface area contributed by atoms with Gasteiger partial charge in [0, 0.05) is 624 Å². The van der Waals surface area contributed by atoms with E-state index in [0.717, 1.165) is 7.06 Å². The summed E-state index contributed by atoms with van der Waals surface area (Å²) in [4.78, 5) is 0. The second-order valence-electron chi connectivity index (χ2n) is 25.0. The average molecular weight is 964 g/mol. The van der Waals surface area contributed by atoms with Gasteiger partial charge in [-0.15, -0.1) is 5.62 Å². The summed E-state index contributed by atoms with van der Waals surface area (Å²) in [5.74, 6) is 0. The second-order valence-corrected chi connectivity index (χ2v) is 25.0. The van der Waals surface area contributed by atoms with E-state index in [1.54, 1.807) is 0 Å². The minimum atomic E-state index is -2.09. The summed E-state index contributed by atoms with van der Waals surface area (Å²) in [6, 6.07) is 0. The van der Waals surface area contributed by atoms with E-state index in [-0.39, 0.29) is 0 Å². The molecule has 0 spiro atoms. The fourth-order valence-electron chi connectivity index (χ4n) is 15.9. The van der Waals surface area contributed by atoms with Gasteiger partial charge in [0.1, 0.15) is 0 Å². The van der Waals surface area contributed by atoms with Crippen LogP contribution in [0.25, 0.3) is 0 Å². The van der Waals surface area contributed by atoms with Gasteiger partial charge in [-0.3, -0.25) is 0 Å². The van der Waals surface area contributed by atoms with Crippen molar-refractivity contribution in [1.82, 2.24) is 0 Å². The van der Waals surface area contributed by atoms with Crippen LogP contribution in [0.5, 0.6) is 0 Å². The SMILES string of the molecule is [B][B]B(B([B])[B])B(B([B])[B])B(B(B(B([B])[B])B([B])[B])B(B([B])[B])B([B])[B])C(B(B(B(B([B])[B])B([B])[B])B(B([B])[B])B([B])[B])B(B(B([B])[B])B([B])[B])B(B([B])[B])B([B])[B])B(B(B(B([B])[B])B([B])[B])B(B([B])[B])B([B])[B])B(B(B([B])[B])B([B])[B])B(B([B])[B])B([B])[B]. The zero-order valence-electron chi connectivity index (χ0n) is 51.4. The van der Waals surface area contributed by atoms with Crippen LogP contribution in [0.2, 0.25) is 5.62 Å². The Labute approximate surface area is 623 Å². The van der Waals surface area contributed by atoms with Crippen LogP contribution in [-0.2, 0) is 0 Å². The van der Waals surface area contributed by atoms with Crippen molar-refractivity contribution in [3.05, 3.63) is 0 Å². The van der Waals surface area contributed by atoms with Crippen molar-refractivity contribution in [3.8, 4) is 0 Å². The minimum Gasteiger partial charge on any atom is -0.146 e. The topological polar surface area (TPSA) is 0 Å². The Hall–Kier alpha value is 5.71. The molecule has 0 aliphatic carbocycles. The summed E-state index contributed by atoms with van der Waals surface area (Å²) in [6.07, 6.45) is -67.9. The second kappa shape index (κ2) is 43.7. The van der Waals surface area contributed by atoms with E-state index in [1.165, 1.54) is 0 Å². The summed E-state index contributed by atoms with van der Waals surface area (Å²) in [5, 5.41) is 0. The fourth-order valence-corrected chi connectivity index (χ4v) is 15.9. The van der Waals surface area contributed by atoms with Crippen LogP contribution >= 0.6 is 0 Å². The van der Waals surface area contributed by atoms with Crippen molar-refractivity contribution in [3.63, 3.8) is 0 Å². The first-order valence-electron chi connectivity index (χ1n) is 29.3. The number of rotatable bonds is 43. The molecule has 0 N–H and O–H groups in total. The summed E-state index contributed by atoms with van der Waals surface area (Å²) in [6.45, 7) is -5.98. The van der Waals surface area contributed by atoms with Gasteiger partial charge in [0.2, 0.25) is 0 Å². The van der Waals surface area contributed by atoms with Gasteiger partial charge in [-0.25, -0.2) is 0 Å². The Morgan fingerprint density at radius 3 is 0.315 bits per heavy atom. The Morgan fingerprint density at radius 2 is 0.236 bits per heavy atom. The molecular weight excluding hydrogens is 963 g/mol. The van der Waals surface area contributed by atoms with Crippen LogP contribution in [0.4, 0.5) is 0 Å². The van der Waals surface area contributed by atoms with Crippen LogP contribution in [0.1, 0.15) is 0 Å². The van der Waals surface area contributed by atoms with Crippen molar-refractivity contribution in [2.24, 2.45) is 0 Å². The van der Waals surface area contributed by atoms with Crippen molar-refractivity contribution in [1.29, 1.82) is 0 Å². The molecule has 0 aliphatic heterocycles. The van der Waals surface area contributed by atoms with Gasteiger partial charge < -0.3 is 0 Å². The van der Waals surface area contributed by atoms with Crippen LogP contribution < -0.4 is 0 Å². The maximum Gasteiger partial charge on any atom is 0.0294 e. The highest BCUT2D eigenvalue weighted by atomic mass is 13.7. The van der Waals surface area contributed by atoms with E-state index in [9.17, 15) is 0 Å². The van der Waals surface area contributed by atoms with Gasteiger partial charge in [-0.05, 0) is 0 Å². The molecular formula is CHB88. The Balaban J connectivity index is 13.6. The maximum absolute atomic E-state index is 7.29. The lowest BCUT2D eigenvalue weighted by molar-refractivity contribution is 1.80. The molecule has 91 radical (unpaired) electrons. The van der Waals surface area contributed by atoms with Crippen molar-refractivity contribution < 1.29 is 0 Å². The Morgan fingerprint density at radius 1 is 0.135 bits per heavy atom. The molecule has 269 valence electrons. The molecule has 0 unspecified atom stereocenters. The molecule has 89 heavy (non-hydrogen) atoms. The average Bonchev–Trinajstić information content (AvgIpc) is 3.31. The summed E-state index contributed by atoms with van der Waals surface area (Å²) >= 11 is 0. The van der Waals surface area contributed by atoms with E-state index < -0.39 is 274 Å². The third-order valence-corrected chi connectivity index (χ3v) is 18.9. The fraction of sp³-hybridized carbons (Fsp3) is 1.00. The Kier molecular flexibility index (Phi) is 46.5. The largest absolute Gasteiger partial charge is 0.146 e. The lowest BCUT2D eigenvalue weighted by atomic mass is 8.27. The van der Waals surface area contributed by atoms with E-state index in [4.69, 9.17) is 348 Å². The highest BCUT2D eigenvalue weighted by Crippen LogP contribution is 2.37. The molecule has 0 aromatic heterocycles. The molecule has 0 aromatic rings. The first kappa shape index (κ1) is 94.7. The molecule has 88 heteroatoms. The molecule has 0 atom stereocenters. The summed E-state index contributed by atoms with van der Waals surface area (Å²) in [7, 11) is 315. The summed E-state index contributed by atoms with van der Waals surface area (Å²) in [5.41, 5.74) is -2.09. The highest BCUT2D eigenvalue weighted by molar-refractivity contribution is 8.31. The normalized spacial score (nSPS) is 9.90. The first-order valence-corrected chi connectivity index (χ1v) is 29.3. The van der Waals surface area contributed by atoms with Crippen LogP contribution in [0.15, 0.2) is 0 Å². The smallest absolute Gasteiger partial charge is 0.0294 e. The molecule has 0 aliphatic rings. The zero-order chi connectivity index (χ0) is 70.5. The van der Waals surface area contributed by atoms with Crippen molar-refractivity contribution in [2.45, 2.75) is 5.62 Å². The van der Waals surface area contributed by atoms with Gasteiger partial charge in [0.05, 0.1) is 0 Å². The highest BCUT2D eigenvalue weighted by Gasteiger charge is 2.67. The molecule has 0 fully saturated rings. The van der Waals surface area contributed by atoms with E-state index in [0.29, 0.717) is 0 Å². The third kappa shape index (κ3) is 25.5. The first-order chi connectivity index (χ1) is 40.5. The molecule has 0 bridgehead atoms. The van der Waals surface area contributed by atoms with Crippen LogP contribution in [0, 0.1) is 0 Å². The standard InChI is InChI=1S/CHB88/c2-47-73(51(3)4)74(52(5)6)48(75(80(53(7)8)54(9)10)81(55(11)12)56(13)14)1(49(76(82(57(15)16)58(17)18)83(59(19)20)60(21)22)77(84(61(23)24)62(25)26)85(63(27)28)64(29)30)50(78(86(65(31)32)66(33)34)87(67(35)36)68(37)38)79(88(69(39)40)70(41)42)89(71(43)44)72(45)46/h1H. The minimum absolute atomic E-state index is 1.05. The Bertz CT molecular complexity index is 1430. The third-order valence-electron chi connectivity index (χ3n) is 18.9. The molecule has 0 saturated carbocycles. The van der Waals surface area contributed by atoms with Crippen LogP contribution in [0.3, 0.4) is 0 Å². The monoisotopic (exact) mass is 982 g/mol. The van der Waals surface area contributed by atoms with Crippen molar-refractivity contribution in [2.75, 3.05) is 0 Å². The van der Waals surface area contributed by atoms with E-state index >= 15 is 0 Å². The van der Waals surface area contributed by atoms with Crippen LogP contribution in [-0.4, -0.2) is 624 Å². The molecule has 0 aromatic carbocycles. The predicted octanol–water partition coefficient (Wildman–Crippen LogP) is -33.2. The van der Waals surface area contributed by atoms with Gasteiger partial charge >= 0.3 is 0 Å². The molecule has 0 rings (SSSR count). The molecule has 0 heterocycles. The predicted molar refractivity (Wildman–Crippen MR) is 510 cm³/mol.